The molecule has 0 aliphatic rings. The lowest BCUT2D eigenvalue weighted by Gasteiger charge is -2.18. The number of nitro groups is 1. The first-order valence-electron chi connectivity index (χ1n) is 7.21. The van der Waals surface area contributed by atoms with E-state index in [2.05, 4.69) is 4.98 Å². The van der Waals surface area contributed by atoms with Gasteiger partial charge in [0, 0.05) is 11.6 Å². The predicted molar refractivity (Wildman–Crippen MR) is 90.9 cm³/mol. The van der Waals surface area contributed by atoms with Crippen LogP contribution in [0.15, 0.2) is 18.2 Å². The Kier molecular flexibility index (Phi) is 4.88. The van der Waals surface area contributed by atoms with Gasteiger partial charge in [-0.3, -0.25) is 10.1 Å². The quantitative estimate of drug-likeness (QED) is 0.642. The van der Waals surface area contributed by atoms with E-state index >= 15 is 0 Å². The third-order valence-corrected chi connectivity index (χ3v) is 4.25. The number of nitro benzene ring substituents is 1. The van der Waals surface area contributed by atoms with Crippen molar-refractivity contribution in [1.82, 2.24) is 4.98 Å². The predicted octanol–water partition coefficient (Wildman–Crippen LogP) is 4.15. The Bertz CT molecular complexity index is 792. The highest BCUT2D eigenvalue weighted by Gasteiger charge is 2.21. The molecule has 1 N–H and O–H groups in total. The number of aromatic carboxylic acids is 1. The minimum absolute atomic E-state index is 0.126. The number of carbonyl (C=O) groups is 1. The largest absolute Gasteiger partial charge is 0.486 e. The number of carboxylic acid groups (broad SMARTS) is 1. The third-order valence-electron chi connectivity index (χ3n) is 3.05. The van der Waals surface area contributed by atoms with Crippen molar-refractivity contribution in [3.05, 3.63) is 38.9 Å². The first-order chi connectivity index (χ1) is 11.1. The average Bonchev–Trinajstić information content (AvgIpc) is 2.86. The number of nitrogens with zero attached hydrogens (tertiary/aromatic N) is 2. The number of thiazole rings is 1. The monoisotopic (exact) mass is 350 g/mol. The van der Waals surface area contributed by atoms with E-state index in [0.717, 1.165) is 11.3 Å². The highest BCUT2D eigenvalue weighted by Crippen LogP contribution is 2.35. The van der Waals surface area contributed by atoms with Crippen LogP contribution in [0.4, 0.5) is 5.69 Å². The standard InChI is InChI=1S/C16H18N2O5S/c1-9-13(15(19)20)24-14(17-9)10-5-6-12(11(7-10)18(21)22)23-8-16(2,3)4/h5-7H,8H2,1-4H3,(H,19,20). The highest BCUT2D eigenvalue weighted by molar-refractivity contribution is 7.17. The van der Waals surface area contributed by atoms with Gasteiger partial charge >= 0.3 is 11.7 Å². The molecule has 24 heavy (non-hydrogen) atoms. The Morgan fingerprint density at radius 1 is 1.42 bits per heavy atom. The lowest BCUT2D eigenvalue weighted by atomic mass is 9.99. The van der Waals surface area contributed by atoms with Gasteiger partial charge in [0.15, 0.2) is 5.75 Å². The molecule has 0 bridgehead atoms. The number of aryl methyl sites for hydroxylation is 1. The Balaban J connectivity index is 2.40. The van der Waals surface area contributed by atoms with Crippen LogP contribution < -0.4 is 4.74 Å². The van der Waals surface area contributed by atoms with Crippen molar-refractivity contribution in [2.45, 2.75) is 27.7 Å². The van der Waals surface area contributed by atoms with Gasteiger partial charge in [-0.15, -0.1) is 11.3 Å². The van der Waals surface area contributed by atoms with Gasteiger partial charge in [0.25, 0.3) is 0 Å². The van der Waals surface area contributed by atoms with Crippen LogP contribution in [0.3, 0.4) is 0 Å². The van der Waals surface area contributed by atoms with Crippen molar-refractivity contribution < 1.29 is 19.6 Å². The summed E-state index contributed by atoms with van der Waals surface area (Å²) in [6, 6.07) is 4.53. The molecule has 0 atom stereocenters. The van der Waals surface area contributed by atoms with Crippen molar-refractivity contribution in [2.24, 2.45) is 5.41 Å². The molecule has 0 saturated carbocycles. The lowest BCUT2D eigenvalue weighted by molar-refractivity contribution is -0.385. The van der Waals surface area contributed by atoms with Crippen LogP contribution in [0, 0.1) is 22.5 Å². The normalized spacial score (nSPS) is 11.3. The summed E-state index contributed by atoms with van der Waals surface area (Å²) in [4.78, 5) is 26.2. The van der Waals surface area contributed by atoms with Crippen LogP contribution in [0.25, 0.3) is 10.6 Å². The molecule has 128 valence electrons. The topological polar surface area (TPSA) is 103 Å². The SMILES string of the molecule is Cc1nc(-c2ccc(OCC(C)(C)C)c([N+](=O)[O-])c2)sc1C(=O)O. The van der Waals surface area contributed by atoms with E-state index in [1.165, 1.54) is 12.1 Å². The Morgan fingerprint density at radius 3 is 2.58 bits per heavy atom. The molecular formula is C16H18N2O5S. The summed E-state index contributed by atoms with van der Waals surface area (Å²) >= 11 is 0.991. The molecule has 0 amide bonds. The van der Waals surface area contributed by atoms with E-state index < -0.39 is 10.9 Å². The second-order valence-electron chi connectivity index (χ2n) is 6.53. The zero-order chi connectivity index (χ0) is 18.1. The summed E-state index contributed by atoms with van der Waals surface area (Å²) in [6.07, 6.45) is 0. The van der Waals surface area contributed by atoms with E-state index in [-0.39, 0.29) is 21.7 Å². The molecule has 1 heterocycles. The molecule has 0 radical (unpaired) electrons. The van der Waals surface area contributed by atoms with E-state index in [1.54, 1.807) is 13.0 Å². The number of benzene rings is 1. The molecule has 0 aliphatic heterocycles. The fraction of sp³-hybridized carbons (Fsp3) is 0.375. The van der Waals surface area contributed by atoms with Crippen molar-refractivity contribution in [3.63, 3.8) is 0 Å². The number of hydrogen-bond acceptors (Lipinski definition) is 6. The second kappa shape index (κ2) is 6.56. The summed E-state index contributed by atoms with van der Waals surface area (Å²) < 4.78 is 5.57. The molecule has 1 aromatic heterocycles. The molecule has 0 unspecified atom stereocenters. The van der Waals surface area contributed by atoms with Crippen molar-refractivity contribution in [3.8, 4) is 16.3 Å². The molecule has 0 aliphatic carbocycles. The zero-order valence-electron chi connectivity index (χ0n) is 13.8. The maximum Gasteiger partial charge on any atom is 0.347 e. The number of hydrogen-bond donors (Lipinski definition) is 1. The Labute approximate surface area is 143 Å². The minimum atomic E-state index is -1.06. The maximum atomic E-state index is 11.3. The fourth-order valence-electron chi connectivity index (χ4n) is 1.93. The Morgan fingerprint density at radius 2 is 2.08 bits per heavy atom. The number of carboxylic acids is 1. The van der Waals surface area contributed by atoms with Gasteiger partial charge in [-0.25, -0.2) is 9.78 Å². The summed E-state index contributed by atoms with van der Waals surface area (Å²) in [6.45, 7) is 7.85. The highest BCUT2D eigenvalue weighted by atomic mass is 32.1. The van der Waals surface area contributed by atoms with Gasteiger partial charge in [0.2, 0.25) is 0 Å². The number of aromatic nitrogens is 1. The first-order valence-corrected chi connectivity index (χ1v) is 8.02. The molecule has 8 heteroatoms. The number of ether oxygens (including phenoxy) is 1. The van der Waals surface area contributed by atoms with Crippen LogP contribution in [0.2, 0.25) is 0 Å². The van der Waals surface area contributed by atoms with Crippen LogP contribution in [0.1, 0.15) is 36.1 Å². The van der Waals surface area contributed by atoms with E-state index in [9.17, 15) is 14.9 Å². The van der Waals surface area contributed by atoms with Crippen LogP contribution in [-0.4, -0.2) is 27.6 Å². The van der Waals surface area contributed by atoms with Gasteiger partial charge in [0.1, 0.15) is 9.88 Å². The van der Waals surface area contributed by atoms with E-state index in [0.29, 0.717) is 22.9 Å². The van der Waals surface area contributed by atoms with Gasteiger partial charge < -0.3 is 9.84 Å². The molecule has 1 aromatic carbocycles. The second-order valence-corrected chi connectivity index (χ2v) is 7.53. The Hall–Kier alpha value is -2.48. The molecule has 7 nitrogen and oxygen atoms in total. The fourth-order valence-corrected chi connectivity index (χ4v) is 2.83. The first kappa shape index (κ1) is 17.9. The molecule has 0 fully saturated rings. The van der Waals surface area contributed by atoms with Gasteiger partial charge in [0.05, 0.1) is 17.2 Å². The van der Waals surface area contributed by atoms with E-state index in [4.69, 9.17) is 9.84 Å². The maximum absolute atomic E-state index is 11.3. The minimum Gasteiger partial charge on any atom is -0.486 e. The van der Waals surface area contributed by atoms with Crippen molar-refractivity contribution in [2.75, 3.05) is 6.61 Å². The smallest absolute Gasteiger partial charge is 0.347 e. The summed E-state index contributed by atoms with van der Waals surface area (Å²) in [5.41, 5.74) is 0.583. The van der Waals surface area contributed by atoms with Crippen molar-refractivity contribution >= 4 is 23.0 Å². The third kappa shape index (κ3) is 4.08. The van der Waals surface area contributed by atoms with Crippen molar-refractivity contribution in [1.29, 1.82) is 0 Å². The molecule has 2 aromatic rings. The molecule has 2 rings (SSSR count). The summed E-state index contributed by atoms with van der Waals surface area (Å²) in [7, 11) is 0. The average molecular weight is 350 g/mol. The lowest BCUT2D eigenvalue weighted by Crippen LogP contribution is -2.17. The zero-order valence-corrected chi connectivity index (χ0v) is 14.6. The molecular weight excluding hydrogens is 332 g/mol. The van der Waals surface area contributed by atoms with Crippen LogP contribution in [0.5, 0.6) is 5.75 Å². The van der Waals surface area contributed by atoms with Crippen LogP contribution in [-0.2, 0) is 0 Å². The van der Waals surface area contributed by atoms with Gasteiger partial charge in [-0.1, -0.05) is 20.8 Å². The van der Waals surface area contributed by atoms with Crippen LogP contribution >= 0.6 is 11.3 Å². The summed E-state index contributed by atoms with van der Waals surface area (Å²) in [5.74, 6) is -0.874. The summed E-state index contributed by atoms with van der Waals surface area (Å²) in [5, 5.41) is 20.9. The molecule has 0 saturated heterocycles. The van der Waals surface area contributed by atoms with Gasteiger partial charge in [-0.05, 0) is 24.5 Å². The molecule has 0 spiro atoms. The van der Waals surface area contributed by atoms with Gasteiger partial charge in [-0.2, -0.15) is 0 Å². The van der Waals surface area contributed by atoms with E-state index in [1.807, 2.05) is 20.8 Å². The number of rotatable bonds is 5.